The molecule has 4 nitrogen and oxygen atoms in total. The van der Waals surface area contributed by atoms with Crippen molar-refractivity contribution in [3.63, 3.8) is 0 Å². The van der Waals surface area contributed by atoms with E-state index in [4.69, 9.17) is 0 Å². The Labute approximate surface area is 143 Å². The number of nitrogens with one attached hydrogen (secondary N) is 1. The molecule has 0 bridgehead atoms. The summed E-state index contributed by atoms with van der Waals surface area (Å²) in [4.78, 5) is 0. The van der Waals surface area contributed by atoms with Crippen LogP contribution in [0.4, 0.5) is 0 Å². The van der Waals surface area contributed by atoms with Gasteiger partial charge in [0.2, 0.25) is 0 Å². The molecule has 1 unspecified atom stereocenters. The molecule has 0 aliphatic carbocycles. The molecule has 23 heavy (non-hydrogen) atoms. The van der Waals surface area contributed by atoms with Crippen molar-refractivity contribution in [2.75, 3.05) is 0 Å². The highest BCUT2D eigenvalue weighted by atomic mass is 15.5. The average molecular weight is 323 g/mol. The zero-order valence-corrected chi connectivity index (χ0v) is 15.5. The molecule has 0 saturated carbocycles. The Morgan fingerprint density at radius 3 is 1.74 bits per heavy atom. The Hall–Kier alpha value is -0.930. The van der Waals surface area contributed by atoms with Gasteiger partial charge in [0.05, 0.1) is 0 Å². The van der Waals surface area contributed by atoms with Crippen molar-refractivity contribution in [1.29, 1.82) is 0 Å². The van der Waals surface area contributed by atoms with Crippen molar-refractivity contribution in [3.05, 3.63) is 5.82 Å². The van der Waals surface area contributed by atoms with Crippen LogP contribution in [0.5, 0.6) is 0 Å². The van der Waals surface area contributed by atoms with Crippen molar-refractivity contribution in [2.24, 2.45) is 0 Å². The highest BCUT2D eigenvalue weighted by molar-refractivity contribution is 4.90. The SMILES string of the molecule is CCCCCCCCCCCCCCC(CCC)c1nn[nH]n1. The second-order valence-corrected chi connectivity index (χ2v) is 6.93. The van der Waals surface area contributed by atoms with Gasteiger partial charge in [0.1, 0.15) is 0 Å². The fourth-order valence-electron chi connectivity index (χ4n) is 3.33. The Kier molecular flexibility index (Phi) is 12.8. The molecule has 0 aliphatic heterocycles. The zero-order chi connectivity index (χ0) is 16.6. The van der Waals surface area contributed by atoms with E-state index in [1.807, 2.05) is 0 Å². The molecule has 0 radical (unpaired) electrons. The second kappa shape index (κ2) is 14.6. The summed E-state index contributed by atoms with van der Waals surface area (Å²) in [6.45, 7) is 4.52. The minimum absolute atomic E-state index is 0.502. The highest BCUT2D eigenvalue weighted by Gasteiger charge is 2.14. The predicted octanol–water partition coefficient (Wildman–Crippen LogP) is 6.17. The summed E-state index contributed by atoms with van der Waals surface area (Å²) in [5, 5.41) is 14.6. The van der Waals surface area contributed by atoms with Crippen LogP contribution < -0.4 is 0 Å². The highest BCUT2D eigenvalue weighted by Crippen LogP contribution is 2.24. The number of hydrogen-bond acceptors (Lipinski definition) is 3. The van der Waals surface area contributed by atoms with Crippen LogP contribution in [0.15, 0.2) is 0 Å². The van der Waals surface area contributed by atoms with E-state index < -0.39 is 0 Å². The number of tetrazole rings is 1. The molecule has 0 amide bonds. The summed E-state index contributed by atoms with van der Waals surface area (Å²) in [5.74, 6) is 1.41. The van der Waals surface area contributed by atoms with Gasteiger partial charge in [0.15, 0.2) is 5.82 Å². The molecule has 0 aromatic carbocycles. The smallest absolute Gasteiger partial charge is 0.177 e. The lowest BCUT2D eigenvalue weighted by Gasteiger charge is -2.11. The molecule has 4 heteroatoms. The third-order valence-electron chi connectivity index (χ3n) is 4.77. The van der Waals surface area contributed by atoms with Crippen molar-refractivity contribution in [2.45, 2.75) is 116 Å². The molecule has 1 aromatic rings. The fourth-order valence-corrected chi connectivity index (χ4v) is 3.33. The number of H-pyrrole nitrogens is 1. The van der Waals surface area contributed by atoms with Gasteiger partial charge in [-0.2, -0.15) is 5.21 Å². The normalized spacial score (nSPS) is 12.6. The molecule has 1 atom stereocenters. The Bertz CT molecular complexity index is 337. The third kappa shape index (κ3) is 10.5. The molecule has 0 fully saturated rings. The van der Waals surface area contributed by atoms with E-state index in [1.165, 1.54) is 96.3 Å². The lowest BCUT2D eigenvalue weighted by atomic mass is 9.95. The quantitative estimate of drug-likeness (QED) is 0.370. The molecular weight excluding hydrogens is 284 g/mol. The van der Waals surface area contributed by atoms with Crippen LogP contribution in [-0.4, -0.2) is 20.6 Å². The van der Waals surface area contributed by atoms with Crippen molar-refractivity contribution >= 4 is 0 Å². The standard InChI is InChI=1S/C19H38N4/c1-3-5-6-7-8-9-10-11-12-13-14-15-17-18(16-4-2)19-20-22-23-21-19/h18H,3-17H2,1-2H3,(H,20,21,22,23). The van der Waals surface area contributed by atoms with Crippen LogP contribution >= 0.6 is 0 Å². The zero-order valence-electron chi connectivity index (χ0n) is 15.5. The first-order chi connectivity index (χ1) is 11.4. The number of rotatable bonds is 16. The van der Waals surface area contributed by atoms with Crippen LogP contribution in [0, 0.1) is 0 Å². The van der Waals surface area contributed by atoms with Crippen LogP contribution in [0.25, 0.3) is 0 Å². The van der Waals surface area contributed by atoms with Gasteiger partial charge in [0, 0.05) is 5.92 Å². The second-order valence-electron chi connectivity index (χ2n) is 6.93. The van der Waals surface area contributed by atoms with Crippen LogP contribution in [0.2, 0.25) is 0 Å². The van der Waals surface area contributed by atoms with Gasteiger partial charge in [0.25, 0.3) is 0 Å². The molecular formula is C19H38N4. The van der Waals surface area contributed by atoms with Gasteiger partial charge >= 0.3 is 0 Å². The van der Waals surface area contributed by atoms with Gasteiger partial charge in [-0.15, -0.1) is 10.2 Å². The monoisotopic (exact) mass is 322 g/mol. The Balaban J connectivity index is 1.90. The maximum atomic E-state index is 4.16. The molecule has 0 spiro atoms. The summed E-state index contributed by atoms with van der Waals surface area (Å²) < 4.78 is 0. The van der Waals surface area contributed by atoms with Crippen molar-refractivity contribution in [1.82, 2.24) is 20.6 Å². The number of unbranched alkanes of at least 4 members (excludes halogenated alkanes) is 11. The molecule has 1 rings (SSSR count). The summed E-state index contributed by atoms with van der Waals surface area (Å²) in [6.07, 6.45) is 20.5. The van der Waals surface area contributed by atoms with Crippen LogP contribution in [0.3, 0.4) is 0 Å². The lowest BCUT2D eigenvalue weighted by Crippen LogP contribution is -2.01. The first-order valence-corrected chi connectivity index (χ1v) is 10.1. The van der Waals surface area contributed by atoms with Gasteiger partial charge in [-0.25, -0.2) is 0 Å². The minimum atomic E-state index is 0.502. The minimum Gasteiger partial charge on any atom is -0.177 e. The van der Waals surface area contributed by atoms with E-state index >= 15 is 0 Å². The maximum Gasteiger partial charge on any atom is 0.177 e. The molecule has 1 N–H and O–H groups in total. The summed E-state index contributed by atoms with van der Waals surface area (Å²) in [7, 11) is 0. The topological polar surface area (TPSA) is 54.5 Å². The Morgan fingerprint density at radius 2 is 1.26 bits per heavy atom. The fraction of sp³-hybridized carbons (Fsp3) is 0.947. The first-order valence-electron chi connectivity index (χ1n) is 10.1. The molecule has 1 aromatic heterocycles. The van der Waals surface area contributed by atoms with E-state index in [0.717, 1.165) is 5.82 Å². The van der Waals surface area contributed by atoms with Gasteiger partial charge in [-0.05, 0) is 12.8 Å². The van der Waals surface area contributed by atoms with E-state index in [2.05, 4.69) is 34.5 Å². The van der Waals surface area contributed by atoms with Gasteiger partial charge in [-0.1, -0.05) is 103 Å². The molecule has 134 valence electrons. The third-order valence-corrected chi connectivity index (χ3v) is 4.77. The number of aromatic nitrogens is 4. The summed E-state index contributed by atoms with van der Waals surface area (Å²) >= 11 is 0. The molecule has 0 saturated heterocycles. The Morgan fingerprint density at radius 1 is 0.696 bits per heavy atom. The molecule has 0 aliphatic rings. The predicted molar refractivity (Wildman–Crippen MR) is 97.5 cm³/mol. The van der Waals surface area contributed by atoms with E-state index in [-0.39, 0.29) is 0 Å². The summed E-state index contributed by atoms with van der Waals surface area (Å²) in [5.41, 5.74) is 0. The average Bonchev–Trinajstić information content (AvgIpc) is 3.09. The van der Waals surface area contributed by atoms with E-state index in [9.17, 15) is 0 Å². The first kappa shape index (κ1) is 20.1. The number of aromatic amines is 1. The lowest BCUT2D eigenvalue weighted by molar-refractivity contribution is 0.490. The molecule has 1 heterocycles. The van der Waals surface area contributed by atoms with Crippen molar-refractivity contribution in [3.8, 4) is 0 Å². The van der Waals surface area contributed by atoms with Crippen molar-refractivity contribution < 1.29 is 0 Å². The van der Waals surface area contributed by atoms with Gasteiger partial charge < -0.3 is 0 Å². The number of nitrogens with zero attached hydrogens (tertiary/aromatic N) is 3. The maximum absolute atomic E-state index is 4.16. The van der Waals surface area contributed by atoms with E-state index in [0.29, 0.717) is 5.92 Å². The van der Waals surface area contributed by atoms with Crippen LogP contribution in [-0.2, 0) is 0 Å². The number of hydrogen-bond donors (Lipinski definition) is 1. The van der Waals surface area contributed by atoms with Gasteiger partial charge in [-0.3, -0.25) is 0 Å². The largest absolute Gasteiger partial charge is 0.177 e. The van der Waals surface area contributed by atoms with Crippen LogP contribution in [0.1, 0.15) is 122 Å². The summed E-state index contributed by atoms with van der Waals surface area (Å²) in [6, 6.07) is 0. The van der Waals surface area contributed by atoms with E-state index in [1.54, 1.807) is 0 Å².